The number of benzene rings is 1. The van der Waals surface area contributed by atoms with Gasteiger partial charge in [-0.3, -0.25) is 4.79 Å². The van der Waals surface area contributed by atoms with Crippen LogP contribution in [0.1, 0.15) is 10.4 Å². The first kappa shape index (κ1) is 9.77. The summed E-state index contributed by atoms with van der Waals surface area (Å²) < 4.78 is 0. The minimum absolute atomic E-state index is 0.403. The van der Waals surface area contributed by atoms with Crippen LogP contribution >= 0.6 is 34.1 Å². The van der Waals surface area contributed by atoms with Gasteiger partial charge in [-0.25, -0.2) is 0 Å². The second-order valence-corrected chi connectivity index (χ2v) is 3.63. The monoisotopic (exact) mass is 219 g/mol. The average molecular weight is 220 g/mol. The first-order chi connectivity index (χ1) is 5.65. The lowest BCUT2D eigenvalue weighted by Gasteiger charge is -2.01. The Kier molecular flexibility index (Phi) is 3.31. The predicted molar refractivity (Wildman–Crippen MR) is 55.9 cm³/mol. The number of anilines is 1. The molecule has 0 aliphatic rings. The molecule has 0 bridgehead atoms. The molecule has 0 saturated carbocycles. The third-order valence-corrected chi connectivity index (χ3v) is 2.71. The summed E-state index contributed by atoms with van der Waals surface area (Å²) in [6, 6.07) is 4.86. The Labute approximate surface area is 84.3 Å². The third-order valence-electron chi connectivity index (χ3n) is 1.34. The highest BCUT2D eigenvalue weighted by Crippen LogP contribution is 2.28. The van der Waals surface area contributed by atoms with E-state index in [9.17, 15) is 4.79 Å². The highest BCUT2D eigenvalue weighted by atomic mass is 35.5. The van der Waals surface area contributed by atoms with Gasteiger partial charge in [0.15, 0.2) is 0 Å². The van der Waals surface area contributed by atoms with E-state index in [4.69, 9.17) is 17.3 Å². The van der Waals surface area contributed by atoms with Crippen LogP contribution in [0.25, 0.3) is 0 Å². The van der Waals surface area contributed by atoms with E-state index in [1.54, 1.807) is 12.1 Å². The van der Waals surface area contributed by atoms with Gasteiger partial charge < -0.3 is 5.73 Å². The van der Waals surface area contributed by atoms with E-state index >= 15 is 0 Å². The summed E-state index contributed by atoms with van der Waals surface area (Å²) >= 11 is 9.23. The Balaban J connectivity index is 3.10. The largest absolute Gasteiger partial charge is 0.398 e. The minimum atomic E-state index is -0.502. The summed E-state index contributed by atoms with van der Waals surface area (Å²) in [5, 5.41) is -0.502. The van der Waals surface area contributed by atoms with Gasteiger partial charge in [0.05, 0.1) is 0 Å². The average Bonchev–Trinajstić information content (AvgIpc) is 2.04. The molecule has 0 aromatic heterocycles. The van der Waals surface area contributed by atoms with Crippen molar-refractivity contribution >= 4 is 45.0 Å². The summed E-state index contributed by atoms with van der Waals surface area (Å²) in [4.78, 5) is 11.5. The molecule has 0 unspecified atom stereocenters. The first-order valence-corrected chi connectivity index (χ1v) is 5.30. The Morgan fingerprint density at radius 1 is 1.58 bits per heavy atom. The van der Waals surface area contributed by atoms with Crippen molar-refractivity contribution in [2.24, 2.45) is 0 Å². The SMILES string of the molecule is Nc1cc(C(=O)Cl)ccc1SS. The Bertz CT molecular complexity index is 316. The van der Waals surface area contributed by atoms with Crippen LogP contribution in [0.4, 0.5) is 5.69 Å². The van der Waals surface area contributed by atoms with Crippen LogP contribution in [0.2, 0.25) is 0 Å². The Hall–Kier alpha value is -0.320. The third kappa shape index (κ3) is 2.09. The number of nitrogens with two attached hydrogens (primary N) is 1. The molecule has 0 atom stereocenters. The molecule has 12 heavy (non-hydrogen) atoms. The van der Waals surface area contributed by atoms with Crippen molar-refractivity contribution in [2.75, 3.05) is 5.73 Å². The van der Waals surface area contributed by atoms with Gasteiger partial charge in [0.1, 0.15) is 0 Å². The molecule has 2 nitrogen and oxygen atoms in total. The smallest absolute Gasteiger partial charge is 0.252 e. The zero-order chi connectivity index (χ0) is 9.14. The maximum absolute atomic E-state index is 10.7. The quantitative estimate of drug-likeness (QED) is 0.348. The summed E-state index contributed by atoms with van der Waals surface area (Å²) in [6.45, 7) is 0. The second kappa shape index (κ2) is 4.07. The van der Waals surface area contributed by atoms with E-state index in [0.717, 1.165) is 4.90 Å². The fraction of sp³-hybridized carbons (Fsp3) is 0. The van der Waals surface area contributed by atoms with E-state index < -0.39 is 5.24 Å². The van der Waals surface area contributed by atoms with Crippen molar-refractivity contribution in [3.05, 3.63) is 23.8 Å². The van der Waals surface area contributed by atoms with Crippen LogP contribution in [0.15, 0.2) is 23.1 Å². The lowest BCUT2D eigenvalue weighted by Crippen LogP contribution is -1.93. The Morgan fingerprint density at radius 3 is 2.67 bits per heavy atom. The second-order valence-electron chi connectivity index (χ2n) is 2.12. The van der Waals surface area contributed by atoms with Gasteiger partial charge in [-0.1, -0.05) is 10.8 Å². The van der Waals surface area contributed by atoms with E-state index in [-0.39, 0.29) is 0 Å². The zero-order valence-electron chi connectivity index (χ0n) is 5.95. The van der Waals surface area contributed by atoms with Crippen LogP contribution in [0.5, 0.6) is 0 Å². The number of halogens is 1. The van der Waals surface area contributed by atoms with Crippen molar-refractivity contribution in [2.45, 2.75) is 4.90 Å². The summed E-state index contributed by atoms with van der Waals surface area (Å²) in [5.41, 5.74) is 6.51. The molecule has 2 N–H and O–H groups in total. The van der Waals surface area contributed by atoms with Crippen LogP contribution in [0.3, 0.4) is 0 Å². The fourth-order valence-electron chi connectivity index (χ4n) is 0.754. The number of carbonyl (C=O) groups excluding carboxylic acids is 1. The van der Waals surface area contributed by atoms with Gasteiger partial charge >= 0.3 is 0 Å². The highest BCUT2D eigenvalue weighted by Gasteiger charge is 2.04. The maximum Gasteiger partial charge on any atom is 0.252 e. The molecular formula is C7H6ClNOS2. The van der Waals surface area contributed by atoms with Crippen LogP contribution in [-0.4, -0.2) is 5.24 Å². The molecule has 0 saturated heterocycles. The normalized spacial score (nSPS) is 9.83. The number of rotatable bonds is 2. The maximum atomic E-state index is 10.7. The zero-order valence-corrected chi connectivity index (χ0v) is 8.42. The molecule has 1 aromatic rings. The summed E-state index contributed by atoms with van der Waals surface area (Å²) in [7, 11) is 1.23. The molecule has 1 rings (SSSR count). The van der Waals surface area contributed by atoms with Crippen molar-refractivity contribution < 1.29 is 4.79 Å². The van der Waals surface area contributed by atoms with E-state index in [1.165, 1.54) is 16.9 Å². The minimum Gasteiger partial charge on any atom is -0.398 e. The van der Waals surface area contributed by atoms with Crippen molar-refractivity contribution in [3.63, 3.8) is 0 Å². The molecular weight excluding hydrogens is 214 g/mol. The van der Waals surface area contributed by atoms with Gasteiger partial charge in [0.2, 0.25) is 0 Å². The molecule has 0 aliphatic carbocycles. The number of nitrogen functional groups attached to an aromatic ring is 1. The molecule has 0 heterocycles. The number of hydrogen-bond donors (Lipinski definition) is 2. The van der Waals surface area contributed by atoms with E-state index in [1.807, 2.05) is 0 Å². The summed E-state index contributed by atoms with van der Waals surface area (Å²) in [6.07, 6.45) is 0. The van der Waals surface area contributed by atoms with Gasteiger partial charge in [0, 0.05) is 16.1 Å². The van der Waals surface area contributed by atoms with E-state index in [0.29, 0.717) is 11.3 Å². The standard InChI is InChI=1S/C7H6ClNOS2/c8-7(10)4-1-2-6(12-11)5(9)3-4/h1-3,11H,9H2. The van der Waals surface area contributed by atoms with E-state index in [2.05, 4.69) is 11.7 Å². The number of thiol groups is 1. The van der Waals surface area contributed by atoms with Gasteiger partial charge in [-0.2, -0.15) is 0 Å². The van der Waals surface area contributed by atoms with Gasteiger partial charge in [0.25, 0.3) is 5.24 Å². The van der Waals surface area contributed by atoms with Crippen molar-refractivity contribution in [3.8, 4) is 0 Å². The highest BCUT2D eigenvalue weighted by molar-refractivity contribution is 8.68. The molecule has 0 spiro atoms. The molecule has 64 valence electrons. The van der Waals surface area contributed by atoms with Crippen LogP contribution in [-0.2, 0) is 0 Å². The van der Waals surface area contributed by atoms with Crippen LogP contribution < -0.4 is 5.73 Å². The van der Waals surface area contributed by atoms with Crippen molar-refractivity contribution in [1.29, 1.82) is 0 Å². The predicted octanol–water partition coefficient (Wildman–Crippen LogP) is 2.58. The Morgan fingerprint density at radius 2 is 2.25 bits per heavy atom. The van der Waals surface area contributed by atoms with Gasteiger partial charge in [-0.05, 0) is 29.8 Å². The first-order valence-electron chi connectivity index (χ1n) is 3.06. The molecule has 5 heteroatoms. The fourth-order valence-corrected chi connectivity index (χ4v) is 1.66. The van der Waals surface area contributed by atoms with Gasteiger partial charge in [-0.15, -0.1) is 11.7 Å². The topological polar surface area (TPSA) is 43.1 Å². The molecule has 0 fully saturated rings. The lowest BCUT2D eigenvalue weighted by atomic mass is 10.2. The molecule has 1 aromatic carbocycles. The summed E-state index contributed by atoms with van der Waals surface area (Å²) in [5.74, 6) is 0. The molecule has 0 amide bonds. The molecule has 0 radical (unpaired) electrons. The number of carbonyl (C=O) groups is 1. The lowest BCUT2D eigenvalue weighted by molar-refractivity contribution is 0.108. The van der Waals surface area contributed by atoms with Crippen LogP contribution in [0, 0.1) is 0 Å². The molecule has 0 aliphatic heterocycles. The number of hydrogen-bond acceptors (Lipinski definition) is 4. The van der Waals surface area contributed by atoms with Crippen molar-refractivity contribution in [1.82, 2.24) is 0 Å².